The summed E-state index contributed by atoms with van der Waals surface area (Å²) in [6.45, 7) is 1.89. The molecule has 0 unspecified atom stereocenters. The van der Waals surface area contributed by atoms with Crippen molar-refractivity contribution >= 4 is 47.6 Å². The van der Waals surface area contributed by atoms with E-state index < -0.39 is 10.0 Å². The Bertz CT molecular complexity index is 717. The lowest BCUT2D eigenvalue weighted by atomic mass is 10.2. The van der Waals surface area contributed by atoms with E-state index in [9.17, 15) is 8.42 Å². The van der Waals surface area contributed by atoms with Crippen molar-refractivity contribution in [3.63, 3.8) is 0 Å². The van der Waals surface area contributed by atoms with E-state index in [0.29, 0.717) is 10.2 Å². The normalized spacial score (nSPS) is 11.3. The van der Waals surface area contributed by atoms with Gasteiger partial charge in [0.15, 0.2) is 0 Å². The Labute approximate surface area is 128 Å². The van der Waals surface area contributed by atoms with Crippen molar-refractivity contribution in [1.82, 2.24) is 4.98 Å². The smallest absolute Gasteiger partial charge is 0.263 e. The number of hydrogen-bond acceptors (Lipinski definition) is 3. The Hall–Kier alpha value is -0.920. The first-order valence-electron chi connectivity index (χ1n) is 5.28. The summed E-state index contributed by atoms with van der Waals surface area (Å²) in [6, 6.07) is 6.75. The molecule has 0 aliphatic carbocycles. The van der Waals surface area contributed by atoms with Gasteiger partial charge in [-0.3, -0.25) is 9.71 Å². The molecule has 0 bridgehead atoms. The highest BCUT2D eigenvalue weighted by Crippen LogP contribution is 2.23. The summed E-state index contributed by atoms with van der Waals surface area (Å²) in [5, 5.41) is 0. The first kappa shape index (κ1) is 14.5. The van der Waals surface area contributed by atoms with Gasteiger partial charge < -0.3 is 0 Å². The molecule has 0 radical (unpaired) electrons. The minimum atomic E-state index is -3.62. The van der Waals surface area contributed by atoms with Crippen LogP contribution in [0.4, 0.5) is 5.69 Å². The Morgan fingerprint density at radius 2 is 1.89 bits per heavy atom. The van der Waals surface area contributed by atoms with Crippen LogP contribution in [-0.4, -0.2) is 13.4 Å². The van der Waals surface area contributed by atoms with Gasteiger partial charge in [-0.1, -0.05) is 15.9 Å². The molecule has 100 valence electrons. The van der Waals surface area contributed by atoms with Crippen molar-refractivity contribution in [3.8, 4) is 0 Å². The fourth-order valence-electron chi connectivity index (χ4n) is 1.46. The second-order valence-corrected chi connectivity index (χ2v) is 7.36. The minimum Gasteiger partial charge on any atom is -0.280 e. The van der Waals surface area contributed by atoms with E-state index in [1.165, 1.54) is 18.5 Å². The highest BCUT2D eigenvalue weighted by atomic mass is 79.9. The summed E-state index contributed by atoms with van der Waals surface area (Å²) >= 11 is 6.57. The molecule has 0 aliphatic rings. The number of nitrogens with one attached hydrogen (secondary N) is 1. The van der Waals surface area contributed by atoms with Gasteiger partial charge in [-0.05, 0) is 52.7 Å². The topological polar surface area (TPSA) is 59.1 Å². The summed E-state index contributed by atoms with van der Waals surface area (Å²) < 4.78 is 28.4. The number of anilines is 1. The number of aryl methyl sites for hydroxylation is 1. The number of sulfonamides is 1. The van der Waals surface area contributed by atoms with E-state index in [2.05, 4.69) is 41.6 Å². The summed E-state index contributed by atoms with van der Waals surface area (Å²) in [7, 11) is -3.62. The quantitative estimate of drug-likeness (QED) is 0.846. The van der Waals surface area contributed by atoms with E-state index in [4.69, 9.17) is 0 Å². The number of rotatable bonds is 3. The average molecular weight is 406 g/mol. The average Bonchev–Trinajstić information content (AvgIpc) is 2.33. The molecule has 0 amide bonds. The molecule has 1 N–H and O–H groups in total. The van der Waals surface area contributed by atoms with Crippen molar-refractivity contribution in [2.24, 2.45) is 0 Å². The Morgan fingerprint density at radius 1 is 1.16 bits per heavy atom. The number of halogens is 2. The van der Waals surface area contributed by atoms with E-state index in [-0.39, 0.29) is 4.90 Å². The summed E-state index contributed by atoms with van der Waals surface area (Å²) in [5.41, 5.74) is 1.47. The maximum atomic E-state index is 12.2. The van der Waals surface area contributed by atoms with Crippen LogP contribution in [-0.2, 0) is 10.0 Å². The molecule has 0 spiro atoms. The molecule has 0 saturated heterocycles. The zero-order valence-electron chi connectivity index (χ0n) is 9.89. The molecule has 1 aromatic heterocycles. The van der Waals surface area contributed by atoms with Gasteiger partial charge in [0, 0.05) is 27.0 Å². The fraction of sp³-hybridized carbons (Fsp3) is 0.0833. The third kappa shape index (κ3) is 3.55. The molecule has 4 nitrogen and oxygen atoms in total. The molecule has 2 aromatic rings. The van der Waals surface area contributed by atoms with E-state index >= 15 is 0 Å². The van der Waals surface area contributed by atoms with Gasteiger partial charge in [-0.2, -0.15) is 0 Å². The molecular formula is C12H10Br2N2O2S. The SMILES string of the molecule is Cc1cc(NS(=O)(=O)c2cncc(Br)c2)ccc1Br. The van der Waals surface area contributed by atoms with E-state index in [1.54, 1.807) is 18.2 Å². The highest BCUT2D eigenvalue weighted by Gasteiger charge is 2.15. The van der Waals surface area contributed by atoms with Crippen LogP contribution in [0.15, 0.2) is 50.5 Å². The molecule has 1 heterocycles. The molecule has 0 atom stereocenters. The van der Waals surface area contributed by atoms with E-state index in [0.717, 1.165) is 10.0 Å². The lowest BCUT2D eigenvalue weighted by molar-refractivity contribution is 0.600. The van der Waals surface area contributed by atoms with Gasteiger partial charge in [0.2, 0.25) is 0 Å². The molecule has 1 aromatic carbocycles. The van der Waals surface area contributed by atoms with Gasteiger partial charge in [-0.25, -0.2) is 8.42 Å². The molecular weight excluding hydrogens is 396 g/mol. The van der Waals surface area contributed by atoms with Crippen LogP contribution >= 0.6 is 31.9 Å². The zero-order chi connectivity index (χ0) is 14.0. The molecule has 2 rings (SSSR count). The number of nitrogens with zero attached hydrogens (tertiary/aromatic N) is 1. The van der Waals surface area contributed by atoms with Gasteiger partial charge in [-0.15, -0.1) is 0 Å². The van der Waals surface area contributed by atoms with E-state index in [1.807, 2.05) is 6.92 Å². The van der Waals surface area contributed by atoms with Gasteiger partial charge in [0.25, 0.3) is 10.0 Å². The van der Waals surface area contributed by atoms with Crippen LogP contribution in [0.3, 0.4) is 0 Å². The van der Waals surface area contributed by atoms with Crippen molar-refractivity contribution < 1.29 is 8.42 Å². The summed E-state index contributed by atoms with van der Waals surface area (Å²) in [6.07, 6.45) is 2.83. The summed E-state index contributed by atoms with van der Waals surface area (Å²) in [5.74, 6) is 0. The Kier molecular flexibility index (Phi) is 4.27. The van der Waals surface area contributed by atoms with Crippen molar-refractivity contribution in [2.75, 3.05) is 4.72 Å². The second kappa shape index (κ2) is 5.60. The predicted octanol–water partition coefficient (Wildman–Crippen LogP) is 3.72. The molecule has 0 aliphatic heterocycles. The van der Waals surface area contributed by atoms with Gasteiger partial charge >= 0.3 is 0 Å². The molecule has 0 fully saturated rings. The zero-order valence-corrected chi connectivity index (χ0v) is 13.9. The lowest BCUT2D eigenvalue weighted by Crippen LogP contribution is -2.13. The molecule has 19 heavy (non-hydrogen) atoms. The van der Waals surface area contributed by atoms with Crippen molar-refractivity contribution in [3.05, 3.63) is 51.2 Å². The first-order chi connectivity index (χ1) is 8.88. The standard InChI is InChI=1S/C12H10Br2N2O2S/c1-8-4-10(2-3-12(8)14)16-19(17,18)11-5-9(13)6-15-7-11/h2-7,16H,1H3. The van der Waals surface area contributed by atoms with Crippen LogP contribution in [0, 0.1) is 6.92 Å². The van der Waals surface area contributed by atoms with Crippen molar-refractivity contribution in [2.45, 2.75) is 11.8 Å². The van der Waals surface area contributed by atoms with Gasteiger partial charge in [0.05, 0.1) is 0 Å². The van der Waals surface area contributed by atoms with Crippen LogP contribution in [0.5, 0.6) is 0 Å². The van der Waals surface area contributed by atoms with Crippen LogP contribution in [0.1, 0.15) is 5.56 Å². The Morgan fingerprint density at radius 3 is 2.53 bits per heavy atom. The molecule has 7 heteroatoms. The lowest BCUT2D eigenvalue weighted by Gasteiger charge is -2.09. The highest BCUT2D eigenvalue weighted by molar-refractivity contribution is 9.10. The number of pyridine rings is 1. The van der Waals surface area contributed by atoms with Crippen LogP contribution in [0.2, 0.25) is 0 Å². The minimum absolute atomic E-state index is 0.113. The van der Waals surface area contributed by atoms with Crippen LogP contribution in [0.25, 0.3) is 0 Å². The number of hydrogen-bond donors (Lipinski definition) is 1. The third-order valence-corrected chi connectivity index (χ3v) is 5.07. The predicted molar refractivity (Wildman–Crippen MR) is 81.6 cm³/mol. The number of benzene rings is 1. The van der Waals surface area contributed by atoms with Gasteiger partial charge in [0.1, 0.15) is 4.90 Å². The molecule has 0 saturated carbocycles. The maximum absolute atomic E-state index is 12.2. The maximum Gasteiger partial charge on any atom is 0.263 e. The largest absolute Gasteiger partial charge is 0.280 e. The third-order valence-electron chi connectivity index (χ3n) is 2.40. The fourth-order valence-corrected chi connectivity index (χ4v) is 3.26. The number of aromatic nitrogens is 1. The second-order valence-electron chi connectivity index (χ2n) is 3.91. The monoisotopic (exact) mass is 404 g/mol. The Balaban J connectivity index is 2.33. The summed E-state index contributed by atoms with van der Waals surface area (Å²) in [4.78, 5) is 3.96. The van der Waals surface area contributed by atoms with Crippen LogP contribution < -0.4 is 4.72 Å². The van der Waals surface area contributed by atoms with Crippen molar-refractivity contribution in [1.29, 1.82) is 0 Å². The first-order valence-corrected chi connectivity index (χ1v) is 8.35.